The van der Waals surface area contributed by atoms with Crippen LogP contribution in [-0.2, 0) is 9.59 Å². The first-order chi connectivity index (χ1) is 12.0. The number of hydrogen-bond acceptors (Lipinski definition) is 3. The van der Waals surface area contributed by atoms with Crippen LogP contribution in [0, 0.1) is 5.92 Å². The molecule has 130 valence electrons. The van der Waals surface area contributed by atoms with Gasteiger partial charge >= 0.3 is 5.97 Å². The van der Waals surface area contributed by atoms with E-state index >= 15 is 0 Å². The highest BCUT2D eigenvalue weighted by atomic mass is 16.4. The first kappa shape index (κ1) is 17.0. The number of aliphatic carboxylic acids is 1. The Labute approximate surface area is 145 Å². The number of carbonyl (C=O) groups is 3. The van der Waals surface area contributed by atoms with Crippen LogP contribution in [0.4, 0.5) is 0 Å². The molecule has 3 rings (SSSR count). The molecule has 0 radical (unpaired) electrons. The maximum absolute atomic E-state index is 12.2. The summed E-state index contributed by atoms with van der Waals surface area (Å²) in [6.45, 7) is 0.161. The lowest BCUT2D eigenvalue weighted by atomic mass is 10.1. The van der Waals surface area contributed by atoms with Gasteiger partial charge in [0.05, 0.1) is 0 Å². The molecule has 1 aliphatic carbocycles. The van der Waals surface area contributed by atoms with Gasteiger partial charge in [-0.25, -0.2) is 4.79 Å². The predicted octanol–water partition coefficient (Wildman–Crippen LogP) is 1.94. The van der Waals surface area contributed by atoms with Gasteiger partial charge in [-0.3, -0.25) is 9.59 Å². The Balaban J connectivity index is 1.49. The number of fused-ring (bicyclic) bond motifs is 1. The Morgan fingerprint density at radius 3 is 2.48 bits per heavy atom. The summed E-state index contributed by atoms with van der Waals surface area (Å²) in [5, 5.41) is 16.3. The molecule has 0 saturated heterocycles. The van der Waals surface area contributed by atoms with Gasteiger partial charge in [-0.05, 0) is 41.7 Å². The van der Waals surface area contributed by atoms with Crippen LogP contribution < -0.4 is 10.6 Å². The number of carboxylic acid groups (broad SMARTS) is 1. The van der Waals surface area contributed by atoms with Gasteiger partial charge < -0.3 is 15.7 Å². The maximum Gasteiger partial charge on any atom is 0.326 e. The van der Waals surface area contributed by atoms with Crippen molar-refractivity contribution in [1.82, 2.24) is 10.6 Å². The van der Waals surface area contributed by atoms with E-state index in [1.54, 1.807) is 12.1 Å². The van der Waals surface area contributed by atoms with Gasteiger partial charge in [-0.2, -0.15) is 0 Å². The van der Waals surface area contributed by atoms with Gasteiger partial charge in [-0.15, -0.1) is 0 Å². The first-order valence-electron chi connectivity index (χ1n) is 8.34. The van der Waals surface area contributed by atoms with Gasteiger partial charge in [0.2, 0.25) is 5.91 Å². The Hall–Kier alpha value is -2.89. The Morgan fingerprint density at radius 2 is 1.80 bits per heavy atom. The van der Waals surface area contributed by atoms with Crippen LogP contribution in [-0.4, -0.2) is 35.5 Å². The number of amides is 2. The minimum atomic E-state index is -1.00. The van der Waals surface area contributed by atoms with E-state index in [4.69, 9.17) is 5.11 Å². The summed E-state index contributed by atoms with van der Waals surface area (Å²) in [7, 11) is 0. The summed E-state index contributed by atoms with van der Waals surface area (Å²) < 4.78 is 0. The quantitative estimate of drug-likeness (QED) is 0.718. The van der Waals surface area contributed by atoms with E-state index in [2.05, 4.69) is 10.6 Å². The number of rotatable bonds is 7. The van der Waals surface area contributed by atoms with Crippen molar-refractivity contribution in [2.24, 2.45) is 5.92 Å². The zero-order valence-electron chi connectivity index (χ0n) is 13.7. The normalized spacial score (nSPS) is 14.7. The minimum Gasteiger partial charge on any atom is -0.480 e. The third-order valence-corrected chi connectivity index (χ3v) is 4.33. The van der Waals surface area contributed by atoms with Gasteiger partial charge in [0.1, 0.15) is 6.04 Å². The monoisotopic (exact) mass is 340 g/mol. The molecule has 2 aromatic carbocycles. The van der Waals surface area contributed by atoms with E-state index < -0.39 is 12.0 Å². The number of nitrogens with one attached hydrogen (secondary N) is 2. The van der Waals surface area contributed by atoms with Crippen LogP contribution in [0.25, 0.3) is 10.8 Å². The van der Waals surface area contributed by atoms with Crippen molar-refractivity contribution >= 4 is 28.6 Å². The van der Waals surface area contributed by atoms with Crippen molar-refractivity contribution in [3.8, 4) is 0 Å². The molecule has 2 amide bonds. The first-order valence-corrected chi connectivity index (χ1v) is 8.34. The maximum atomic E-state index is 12.2. The lowest BCUT2D eigenvalue weighted by molar-refractivity contribution is -0.142. The summed E-state index contributed by atoms with van der Waals surface area (Å²) in [5.41, 5.74) is 0.528. The van der Waals surface area contributed by atoms with Crippen molar-refractivity contribution in [1.29, 1.82) is 0 Å². The summed E-state index contributed by atoms with van der Waals surface area (Å²) in [6, 6.07) is 12.4. The smallest absolute Gasteiger partial charge is 0.326 e. The number of benzene rings is 2. The molecule has 1 unspecified atom stereocenters. The second-order valence-electron chi connectivity index (χ2n) is 6.29. The Kier molecular flexibility index (Phi) is 4.97. The van der Waals surface area contributed by atoms with Crippen LogP contribution >= 0.6 is 0 Å². The number of hydrogen-bond donors (Lipinski definition) is 3. The van der Waals surface area contributed by atoms with Crippen molar-refractivity contribution in [3.05, 3.63) is 48.0 Å². The number of carboxylic acids is 1. The standard InChI is InChI=1S/C19H20N2O4/c22-16(21-17(19(24)25)13-6-7-13)9-10-20-18(23)15-8-5-12-3-1-2-4-14(12)11-15/h1-5,8,11,13,17H,6-7,9-10H2,(H,20,23)(H,21,22)(H,24,25). The fraction of sp³-hybridized carbons (Fsp3) is 0.316. The van der Waals surface area contributed by atoms with E-state index in [1.807, 2.05) is 30.3 Å². The molecule has 6 heteroatoms. The molecule has 0 spiro atoms. The van der Waals surface area contributed by atoms with Gasteiger partial charge in [-0.1, -0.05) is 30.3 Å². The average Bonchev–Trinajstić information content (AvgIpc) is 3.43. The van der Waals surface area contributed by atoms with E-state index in [-0.39, 0.29) is 30.7 Å². The largest absolute Gasteiger partial charge is 0.480 e. The van der Waals surface area contributed by atoms with Crippen LogP contribution in [0.1, 0.15) is 29.6 Å². The number of carbonyl (C=O) groups excluding carboxylic acids is 2. The van der Waals surface area contributed by atoms with Crippen LogP contribution in [0.2, 0.25) is 0 Å². The van der Waals surface area contributed by atoms with Crippen molar-refractivity contribution in [2.45, 2.75) is 25.3 Å². The molecule has 2 aromatic rings. The zero-order chi connectivity index (χ0) is 17.8. The molecule has 1 aliphatic rings. The molecule has 25 heavy (non-hydrogen) atoms. The highest BCUT2D eigenvalue weighted by Crippen LogP contribution is 2.32. The summed E-state index contributed by atoms with van der Waals surface area (Å²) in [5.74, 6) is -1.58. The molecule has 3 N–H and O–H groups in total. The highest BCUT2D eigenvalue weighted by Gasteiger charge is 2.37. The second kappa shape index (κ2) is 7.34. The average molecular weight is 340 g/mol. The minimum absolute atomic E-state index is 0.0358. The molecule has 0 aliphatic heterocycles. The topological polar surface area (TPSA) is 95.5 Å². The highest BCUT2D eigenvalue weighted by molar-refractivity contribution is 5.98. The zero-order valence-corrected chi connectivity index (χ0v) is 13.7. The molecule has 0 aromatic heterocycles. The molecular formula is C19H20N2O4. The molecular weight excluding hydrogens is 320 g/mol. The summed E-state index contributed by atoms with van der Waals surface area (Å²) >= 11 is 0. The van der Waals surface area contributed by atoms with Crippen LogP contribution in [0.15, 0.2) is 42.5 Å². The van der Waals surface area contributed by atoms with Gasteiger partial charge in [0.25, 0.3) is 5.91 Å². The Morgan fingerprint density at radius 1 is 1.08 bits per heavy atom. The van der Waals surface area contributed by atoms with Gasteiger partial charge in [0, 0.05) is 18.5 Å². The van der Waals surface area contributed by atoms with Crippen molar-refractivity contribution in [3.63, 3.8) is 0 Å². The van der Waals surface area contributed by atoms with Crippen molar-refractivity contribution < 1.29 is 19.5 Å². The van der Waals surface area contributed by atoms with E-state index in [9.17, 15) is 14.4 Å². The lowest BCUT2D eigenvalue weighted by Crippen LogP contribution is -2.43. The molecule has 1 atom stereocenters. The predicted molar refractivity (Wildman–Crippen MR) is 93.2 cm³/mol. The van der Waals surface area contributed by atoms with E-state index in [0.717, 1.165) is 23.6 Å². The molecule has 6 nitrogen and oxygen atoms in total. The molecule has 0 heterocycles. The molecule has 1 saturated carbocycles. The van der Waals surface area contributed by atoms with Crippen LogP contribution in [0.3, 0.4) is 0 Å². The lowest BCUT2D eigenvalue weighted by Gasteiger charge is -2.13. The second-order valence-corrected chi connectivity index (χ2v) is 6.29. The van der Waals surface area contributed by atoms with Gasteiger partial charge in [0.15, 0.2) is 0 Å². The molecule has 0 bridgehead atoms. The third kappa shape index (κ3) is 4.35. The SMILES string of the molecule is O=C(CCNC(=O)c1ccc2ccccc2c1)NC(C(=O)O)C1CC1. The van der Waals surface area contributed by atoms with E-state index in [1.165, 1.54) is 0 Å². The van der Waals surface area contributed by atoms with Crippen molar-refractivity contribution in [2.75, 3.05) is 6.54 Å². The van der Waals surface area contributed by atoms with E-state index in [0.29, 0.717) is 5.56 Å². The summed E-state index contributed by atoms with van der Waals surface area (Å²) in [6.07, 6.45) is 1.71. The van der Waals surface area contributed by atoms with Crippen LogP contribution in [0.5, 0.6) is 0 Å². The summed E-state index contributed by atoms with van der Waals surface area (Å²) in [4.78, 5) is 35.1. The molecule has 1 fully saturated rings. The Bertz CT molecular complexity index is 814. The fourth-order valence-corrected chi connectivity index (χ4v) is 2.78. The third-order valence-electron chi connectivity index (χ3n) is 4.33. The fourth-order valence-electron chi connectivity index (χ4n) is 2.78.